The zero-order valence-electron chi connectivity index (χ0n) is 10.5. The third kappa shape index (κ3) is 4.33. The number of benzene rings is 1. The van der Waals surface area contributed by atoms with Crippen molar-refractivity contribution in [2.45, 2.75) is 26.1 Å². The average molecular weight is 302 g/mol. The van der Waals surface area contributed by atoms with E-state index < -0.39 is 29.0 Å². The smallest absolute Gasteiger partial charge is 0.396 e. The molecule has 0 amide bonds. The summed E-state index contributed by atoms with van der Waals surface area (Å²) in [6.45, 7) is 2.87. The summed E-state index contributed by atoms with van der Waals surface area (Å²) >= 11 is 0. The Balaban J connectivity index is 0.00000324. The van der Waals surface area contributed by atoms with Crippen LogP contribution in [0.4, 0.5) is 17.6 Å². The Hall–Kier alpha value is -0.850. The van der Waals surface area contributed by atoms with E-state index in [0.717, 1.165) is 12.1 Å². The SMILES string of the molecule is CC(C)(CO)[C@@H](N)c1cc(F)cc(C(F)(F)F)c1.Cl. The third-order valence-corrected chi connectivity index (χ3v) is 2.86. The molecule has 0 aromatic heterocycles. The molecule has 1 atom stereocenters. The molecule has 0 bridgehead atoms. The summed E-state index contributed by atoms with van der Waals surface area (Å²) in [5.41, 5.74) is 3.87. The molecule has 0 spiro atoms. The monoisotopic (exact) mass is 301 g/mol. The van der Waals surface area contributed by atoms with Crippen LogP contribution in [0, 0.1) is 11.2 Å². The summed E-state index contributed by atoms with van der Waals surface area (Å²) in [6.07, 6.45) is -4.63. The number of aliphatic hydroxyl groups excluding tert-OH is 1. The largest absolute Gasteiger partial charge is 0.416 e. The van der Waals surface area contributed by atoms with Gasteiger partial charge in [-0.1, -0.05) is 13.8 Å². The van der Waals surface area contributed by atoms with Crippen LogP contribution in [-0.4, -0.2) is 11.7 Å². The molecular weight excluding hydrogens is 286 g/mol. The van der Waals surface area contributed by atoms with Gasteiger partial charge in [0.05, 0.1) is 5.56 Å². The molecule has 0 aliphatic heterocycles. The Morgan fingerprint density at radius 3 is 2.16 bits per heavy atom. The highest BCUT2D eigenvalue weighted by Crippen LogP contribution is 2.35. The van der Waals surface area contributed by atoms with Crippen molar-refractivity contribution in [3.05, 3.63) is 35.1 Å². The van der Waals surface area contributed by atoms with Crippen molar-refractivity contribution in [3.8, 4) is 0 Å². The standard InChI is InChI=1S/C12H15F4NO.ClH/c1-11(2,6-18)10(17)7-3-8(12(14,15)16)5-9(13)4-7;/h3-5,10,18H,6,17H2,1-2H3;1H/t10-;/m0./s1. The maximum absolute atomic E-state index is 13.2. The number of nitrogens with two attached hydrogens (primary N) is 1. The minimum atomic E-state index is -4.63. The lowest BCUT2D eigenvalue weighted by atomic mass is 9.81. The molecule has 7 heteroatoms. The van der Waals surface area contributed by atoms with Crippen molar-refractivity contribution in [3.63, 3.8) is 0 Å². The van der Waals surface area contributed by atoms with Gasteiger partial charge in [-0.25, -0.2) is 4.39 Å². The molecule has 1 aromatic carbocycles. The molecule has 19 heavy (non-hydrogen) atoms. The maximum atomic E-state index is 13.2. The van der Waals surface area contributed by atoms with E-state index in [1.165, 1.54) is 0 Å². The molecule has 2 nitrogen and oxygen atoms in total. The Morgan fingerprint density at radius 1 is 1.21 bits per heavy atom. The minimum absolute atomic E-state index is 0. The van der Waals surface area contributed by atoms with Crippen LogP contribution in [0.2, 0.25) is 0 Å². The van der Waals surface area contributed by atoms with Crippen LogP contribution in [0.25, 0.3) is 0 Å². The molecule has 110 valence electrons. The maximum Gasteiger partial charge on any atom is 0.416 e. The number of hydrogen-bond acceptors (Lipinski definition) is 2. The van der Waals surface area contributed by atoms with Gasteiger partial charge in [-0.2, -0.15) is 13.2 Å². The van der Waals surface area contributed by atoms with Crippen molar-refractivity contribution in [1.82, 2.24) is 0 Å². The van der Waals surface area contributed by atoms with Crippen LogP contribution in [0.1, 0.15) is 31.0 Å². The quantitative estimate of drug-likeness (QED) is 0.842. The lowest BCUT2D eigenvalue weighted by molar-refractivity contribution is -0.137. The topological polar surface area (TPSA) is 46.2 Å². The summed E-state index contributed by atoms with van der Waals surface area (Å²) in [7, 11) is 0. The number of alkyl halides is 3. The van der Waals surface area contributed by atoms with E-state index in [1.807, 2.05) is 0 Å². The summed E-state index contributed by atoms with van der Waals surface area (Å²) in [6, 6.07) is 1.30. The van der Waals surface area contributed by atoms with Gasteiger partial charge in [0, 0.05) is 18.1 Å². The molecule has 0 fully saturated rings. The lowest BCUT2D eigenvalue weighted by Crippen LogP contribution is -2.32. The number of hydrogen-bond donors (Lipinski definition) is 2. The van der Waals surface area contributed by atoms with Crippen LogP contribution in [0.3, 0.4) is 0 Å². The Bertz CT molecular complexity index is 434. The minimum Gasteiger partial charge on any atom is -0.396 e. The first-order valence-corrected chi connectivity index (χ1v) is 5.32. The summed E-state index contributed by atoms with van der Waals surface area (Å²) in [5.74, 6) is -0.996. The zero-order chi connectivity index (χ0) is 14.1. The van der Waals surface area contributed by atoms with Crippen molar-refractivity contribution in [1.29, 1.82) is 0 Å². The van der Waals surface area contributed by atoms with Gasteiger partial charge in [-0.05, 0) is 23.8 Å². The van der Waals surface area contributed by atoms with Gasteiger partial charge in [0.2, 0.25) is 0 Å². The van der Waals surface area contributed by atoms with E-state index in [9.17, 15) is 17.6 Å². The van der Waals surface area contributed by atoms with E-state index in [2.05, 4.69) is 0 Å². The van der Waals surface area contributed by atoms with E-state index in [1.54, 1.807) is 13.8 Å². The predicted octanol–water partition coefficient (Wildman–Crippen LogP) is 3.28. The summed E-state index contributed by atoms with van der Waals surface area (Å²) in [4.78, 5) is 0. The van der Waals surface area contributed by atoms with Crippen LogP contribution in [0.15, 0.2) is 18.2 Å². The Kier molecular flexibility index (Phi) is 5.80. The van der Waals surface area contributed by atoms with Crippen molar-refractivity contribution in [2.75, 3.05) is 6.61 Å². The molecule has 0 saturated carbocycles. The average Bonchev–Trinajstić information content (AvgIpc) is 2.26. The lowest BCUT2D eigenvalue weighted by Gasteiger charge is -2.30. The molecule has 1 rings (SSSR count). The highest BCUT2D eigenvalue weighted by molar-refractivity contribution is 5.85. The molecule has 0 unspecified atom stereocenters. The van der Waals surface area contributed by atoms with E-state index in [4.69, 9.17) is 10.8 Å². The first-order valence-electron chi connectivity index (χ1n) is 5.32. The second kappa shape index (κ2) is 6.07. The highest BCUT2D eigenvalue weighted by atomic mass is 35.5. The van der Waals surface area contributed by atoms with E-state index in [0.29, 0.717) is 6.07 Å². The van der Waals surface area contributed by atoms with Crippen LogP contribution >= 0.6 is 12.4 Å². The fourth-order valence-corrected chi connectivity index (χ4v) is 1.51. The van der Waals surface area contributed by atoms with Crippen molar-refractivity contribution < 1.29 is 22.7 Å². The number of halogens is 5. The third-order valence-electron chi connectivity index (χ3n) is 2.86. The molecular formula is C12H16ClF4NO. The van der Waals surface area contributed by atoms with Crippen LogP contribution in [-0.2, 0) is 6.18 Å². The normalized spacial score (nSPS) is 13.9. The van der Waals surface area contributed by atoms with Crippen LogP contribution in [0.5, 0.6) is 0 Å². The van der Waals surface area contributed by atoms with Gasteiger partial charge in [-0.15, -0.1) is 12.4 Å². The van der Waals surface area contributed by atoms with Crippen LogP contribution < -0.4 is 5.73 Å². The summed E-state index contributed by atoms with van der Waals surface area (Å²) < 4.78 is 50.8. The molecule has 0 heterocycles. The zero-order valence-corrected chi connectivity index (χ0v) is 11.3. The molecule has 0 radical (unpaired) electrons. The fourth-order valence-electron chi connectivity index (χ4n) is 1.51. The predicted molar refractivity (Wildman–Crippen MR) is 66.4 cm³/mol. The van der Waals surface area contributed by atoms with Gasteiger partial charge in [0.1, 0.15) is 5.82 Å². The highest BCUT2D eigenvalue weighted by Gasteiger charge is 2.34. The van der Waals surface area contributed by atoms with Gasteiger partial charge < -0.3 is 10.8 Å². The fraction of sp³-hybridized carbons (Fsp3) is 0.500. The Labute approximate surface area is 115 Å². The first-order chi connectivity index (χ1) is 8.08. The van der Waals surface area contributed by atoms with Gasteiger partial charge in [0.25, 0.3) is 0 Å². The van der Waals surface area contributed by atoms with Crippen molar-refractivity contribution >= 4 is 12.4 Å². The molecule has 0 aliphatic rings. The molecule has 1 aromatic rings. The van der Waals surface area contributed by atoms with E-state index in [-0.39, 0.29) is 24.6 Å². The second-order valence-electron chi connectivity index (χ2n) is 4.90. The number of aliphatic hydroxyl groups is 1. The molecule has 3 N–H and O–H groups in total. The molecule has 0 saturated heterocycles. The second-order valence-corrected chi connectivity index (χ2v) is 4.90. The first kappa shape index (κ1) is 18.1. The molecule has 0 aliphatic carbocycles. The summed E-state index contributed by atoms with van der Waals surface area (Å²) in [5, 5.41) is 9.13. The van der Waals surface area contributed by atoms with Crippen molar-refractivity contribution in [2.24, 2.45) is 11.1 Å². The van der Waals surface area contributed by atoms with Gasteiger partial charge >= 0.3 is 6.18 Å². The van der Waals surface area contributed by atoms with E-state index >= 15 is 0 Å². The Morgan fingerprint density at radius 2 is 1.74 bits per heavy atom. The number of rotatable bonds is 3. The van der Waals surface area contributed by atoms with Gasteiger partial charge in [0.15, 0.2) is 0 Å². The van der Waals surface area contributed by atoms with Gasteiger partial charge in [-0.3, -0.25) is 0 Å².